The molecule has 0 aliphatic carbocycles. The maximum atomic E-state index is 8.59. The van der Waals surface area contributed by atoms with Crippen LogP contribution in [0.4, 0.5) is 0 Å². The van der Waals surface area contributed by atoms with Gasteiger partial charge >= 0.3 is 66.4 Å². The molecule has 0 saturated carbocycles. The molecule has 0 saturated heterocycles. The van der Waals surface area contributed by atoms with Gasteiger partial charge in [-0.15, -0.1) is 0 Å². The molecule has 0 bridgehead atoms. The van der Waals surface area contributed by atoms with Crippen molar-refractivity contribution in [3.63, 3.8) is 0 Å². The molecule has 0 atom stereocenters. The summed E-state index contributed by atoms with van der Waals surface area (Å²) in [5.74, 6) is 0. The van der Waals surface area contributed by atoms with Gasteiger partial charge in [0.25, 0.3) is 0 Å². The number of rotatable bonds is 0. The Hall–Kier alpha value is 1.21. The van der Waals surface area contributed by atoms with E-state index in [0.717, 1.165) is 0 Å². The van der Waals surface area contributed by atoms with Crippen LogP contribution < -0.4 is 8.32 Å². The summed E-state index contributed by atoms with van der Waals surface area (Å²) in [6.07, 6.45) is 0. The Bertz CT molecular complexity index is 94.9. The third-order valence-corrected chi connectivity index (χ3v) is 0. The fraction of sp³-hybridized carbons (Fsp3) is 0. The molecule has 32 valence electrons. The maximum Gasteiger partial charge on any atom is 2.00 e. The van der Waals surface area contributed by atoms with E-state index in [1.807, 2.05) is 0 Å². The molecule has 0 aliphatic heterocycles. The van der Waals surface area contributed by atoms with Crippen LogP contribution in [-0.2, 0) is 40.7 Å². The molecule has 0 radical (unpaired) electrons. The smallest absolute Gasteiger partial charge is 2.00 e. The predicted octanol–water partition coefficient (Wildman–Crippen LogP) is -3.00. The molecule has 0 unspecified atom stereocenters. The summed E-state index contributed by atoms with van der Waals surface area (Å²) in [7, 11) is 0. The van der Waals surface area contributed by atoms with Gasteiger partial charge in [0.2, 0.25) is 0 Å². The summed E-state index contributed by atoms with van der Waals surface area (Å²) in [4.78, 5) is 0. The van der Waals surface area contributed by atoms with E-state index in [-0.39, 0.29) is 36.8 Å². The van der Waals surface area contributed by atoms with Crippen LogP contribution in [0, 0.1) is 0 Å². The first-order chi connectivity index (χ1) is 2.00. The summed E-state index contributed by atoms with van der Waals surface area (Å²) in [5.41, 5.74) is 0. The molecule has 7 heavy (non-hydrogen) atoms. The average molecular weight is 208 g/mol. The van der Waals surface area contributed by atoms with Crippen LogP contribution in [0.1, 0.15) is 0 Å². The number of hydrogen-bond acceptors (Lipinski definition) is 4. The van der Waals surface area contributed by atoms with Gasteiger partial charge in [-0.05, 0) is 0 Å². The zero-order chi connectivity index (χ0) is 4.50. The van der Waals surface area contributed by atoms with Gasteiger partial charge in [0.1, 0.15) is 0 Å². The SMILES string of the molecule is [Al+3].[O]=[Cr](=[O])([O-])[O-].[Zn+2]. The van der Waals surface area contributed by atoms with E-state index in [1.54, 1.807) is 0 Å². The van der Waals surface area contributed by atoms with Crippen molar-refractivity contribution in [2.45, 2.75) is 0 Å². The maximum absolute atomic E-state index is 8.59. The second kappa shape index (κ2) is 5.35. The third kappa shape index (κ3) is 134. The van der Waals surface area contributed by atoms with Crippen LogP contribution in [0.2, 0.25) is 0 Å². The molecular formula is AlCrO4Zn+3. The van der Waals surface area contributed by atoms with E-state index in [1.165, 1.54) is 0 Å². The standard InChI is InChI=1S/Al.Cr.4O.Zn/q+3;;;;2*-1;+2. The molecule has 4 nitrogen and oxygen atoms in total. The zero-order valence-corrected chi connectivity index (χ0v) is 8.72. The Morgan fingerprint density at radius 3 is 1.14 bits per heavy atom. The van der Waals surface area contributed by atoms with Gasteiger partial charge in [-0.3, -0.25) is 0 Å². The fourth-order valence-electron chi connectivity index (χ4n) is 0. The topological polar surface area (TPSA) is 80.3 Å². The first kappa shape index (κ1) is 15.7. The van der Waals surface area contributed by atoms with E-state index in [2.05, 4.69) is 0 Å². The van der Waals surface area contributed by atoms with Gasteiger partial charge in [-0.25, -0.2) is 0 Å². The summed E-state index contributed by atoms with van der Waals surface area (Å²) in [6, 6.07) is 0. The molecule has 0 amide bonds. The van der Waals surface area contributed by atoms with Crippen LogP contribution in [0.15, 0.2) is 0 Å². The van der Waals surface area contributed by atoms with Gasteiger partial charge in [0, 0.05) is 0 Å². The predicted molar refractivity (Wildman–Crippen MR) is 7.13 cm³/mol. The first-order valence-electron chi connectivity index (χ1n) is 0.667. The Morgan fingerprint density at radius 1 is 1.14 bits per heavy atom. The minimum Gasteiger partial charge on any atom is 2.00 e. The third-order valence-electron chi connectivity index (χ3n) is 0. The molecule has 0 fully saturated rings. The van der Waals surface area contributed by atoms with Crippen LogP contribution in [-0.4, -0.2) is 17.4 Å². The van der Waals surface area contributed by atoms with Gasteiger partial charge < -0.3 is 0 Å². The monoisotopic (exact) mass is 207 g/mol. The molecule has 0 aromatic carbocycles. The first-order valence-corrected chi connectivity index (χ1v) is 2.75. The Labute approximate surface area is 66.2 Å². The molecular weight excluding hydrogens is 208 g/mol. The van der Waals surface area contributed by atoms with E-state index < -0.39 is 13.6 Å². The quantitative estimate of drug-likeness (QED) is 0.397. The van der Waals surface area contributed by atoms with Crippen LogP contribution in [0.5, 0.6) is 0 Å². The molecule has 0 heterocycles. The van der Waals surface area contributed by atoms with Gasteiger partial charge in [-0.2, -0.15) is 0 Å². The Kier molecular flexibility index (Phi) is 12.0. The van der Waals surface area contributed by atoms with E-state index in [9.17, 15) is 0 Å². The fourth-order valence-corrected chi connectivity index (χ4v) is 0. The van der Waals surface area contributed by atoms with Crippen molar-refractivity contribution in [3.05, 3.63) is 0 Å². The van der Waals surface area contributed by atoms with Crippen LogP contribution in [0.3, 0.4) is 0 Å². The summed E-state index contributed by atoms with van der Waals surface area (Å²) in [6.45, 7) is 0. The zero-order valence-electron chi connectivity index (χ0n) is 3.33. The van der Waals surface area contributed by atoms with Crippen molar-refractivity contribution in [1.82, 2.24) is 0 Å². The number of hydrogen-bond donors (Lipinski definition) is 0. The summed E-state index contributed by atoms with van der Waals surface area (Å²) < 4.78 is 34.4. The van der Waals surface area contributed by atoms with Gasteiger partial charge in [0.15, 0.2) is 0 Å². The Morgan fingerprint density at radius 2 is 1.14 bits per heavy atom. The van der Waals surface area contributed by atoms with Crippen molar-refractivity contribution < 1.29 is 49.0 Å². The molecule has 0 rings (SSSR count). The van der Waals surface area contributed by atoms with Gasteiger partial charge in [-0.1, -0.05) is 0 Å². The van der Waals surface area contributed by atoms with Crippen molar-refractivity contribution >= 4 is 17.4 Å². The second-order valence-electron chi connectivity index (χ2n) is 0.408. The van der Waals surface area contributed by atoms with Crippen molar-refractivity contribution in [2.75, 3.05) is 0 Å². The molecule has 0 aromatic heterocycles. The van der Waals surface area contributed by atoms with Crippen LogP contribution in [0.25, 0.3) is 0 Å². The van der Waals surface area contributed by atoms with Crippen LogP contribution >= 0.6 is 0 Å². The molecule has 0 spiro atoms. The van der Waals surface area contributed by atoms with Crippen molar-refractivity contribution in [1.29, 1.82) is 0 Å². The Balaban J connectivity index is -0.0000000800. The molecule has 0 N–H and O–H groups in total. The molecule has 0 aliphatic rings. The minimum atomic E-state index is -5.75. The van der Waals surface area contributed by atoms with Crippen molar-refractivity contribution in [3.8, 4) is 0 Å². The largest absolute Gasteiger partial charge is 2.00 e. The molecule has 7 heteroatoms. The van der Waals surface area contributed by atoms with E-state index in [4.69, 9.17) is 15.9 Å². The van der Waals surface area contributed by atoms with Crippen molar-refractivity contribution in [2.24, 2.45) is 0 Å². The summed E-state index contributed by atoms with van der Waals surface area (Å²) in [5, 5.41) is 0. The normalized spacial score (nSPS) is 8.29. The van der Waals surface area contributed by atoms with E-state index >= 15 is 0 Å². The minimum absolute atomic E-state index is 0. The molecule has 0 aromatic rings. The van der Waals surface area contributed by atoms with E-state index in [0.29, 0.717) is 0 Å². The van der Waals surface area contributed by atoms with Gasteiger partial charge in [0.05, 0.1) is 0 Å². The average Bonchev–Trinajstić information content (AvgIpc) is 0.722. The summed E-state index contributed by atoms with van der Waals surface area (Å²) >= 11 is -5.75. The second-order valence-corrected chi connectivity index (χ2v) is 1.68.